The van der Waals surface area contributed by atoms with Crippen LogP contribution in [-0.2, 0) is 25.0 Å². The third-order valence-corrected chi connectivity index (χ3v) is 8.80. The second-order valence-corrected chi connectivity index (χ2v) is 11.7. The predicted molar refractivity (Wildman–Crippen MR) is 164 cm³/mol. The zero-order chi connectivity index (χ0) is 29.8. The Labute approximate surface area is 249 Å². The maximum atomic E-state index is 14.3. The standard InChI is InChI=1S/C32H28F3N5O2S/c33-32(34,35)27-17-25(38-31-30-28(36-22-37-31)13-14-39(30)15-16-41)11-12-29(27)42-26-19-40(18-23-7-3-1-4-8-23)43(21-26)20-24-9-5-2-6-10-24/h1-14,17,19,21-22,41H,15-16,18,20H2,(H,36,37,38). The SMILES string of the molecule is OCCn1ccc2ncnc(Nc3ccc(OC4=CN(Cc5ccccc5)S(Cc5ccccc5)=C4)c(C(F)(F)F)c3)c21. The number of aliphatic hydroxyl groups is 1. The predicted octanol–water partition coefficient (Wildman–Crippen LogP) is 7.11. The van der Waals surface area contributed by atoms with Gasteiger partial charge in [0.2, 0.25) is 0 Å². The zero-order valence-corrected chi connectivity index (χ0v) is 23.7. The van der Waals surface area contributed by atoms with Crippen LogP contribution in [0.4, 0.5) is 24.7 Å². The number of aromatic nitrogens is 3. The van der Waals surface area contributed by atoms with E-state index in [9.17, 15) is 18.3 Å². The number of halogens is 3. The minimum Gasteiger partial charge on any atom is -0.455 e. The van der Waals surface area contributed by atoms with E-state index in [1.165, 1.54) is 18.5 Å². The molecular weight excluding hydrogens is 575 g/mol. The maximum absolute atomic E-state index is 14.3. The third-order valence-electron chi connectivity index (χ3n) is 6.83. The molecule has 3 aromatic carbocycles. The van der Waals surface area contributed by atoms with Crippen molar-refractivity contribution in [1.29, 1.82) is 0 Å². The van der Waals surface area contributed by atoms with Crippen molar-refractivity contribution in [3.8, 4) is 5.75 Å². The van der Waals surface area contributed by atoms with Gasteiger partial charge in [0.1, 0.15) is 23.2 Å². The van der Waals surface area contributed by atoms with Gasteiger partial charge in [-0.2, -0.15) is 13.2 Å². The summed E-state index contributed by atoms with van der Waals surface area (Å²) >= 11 is 0. The zero-order valence-electron chi connectivity index (χ0n) is 22.9. The van der Waals surface area contributed by atoms with Crippen molar-refractivity contribution in [1.82, 2.24) is 18.8 Å². The monoisotopic (exact) mass is 603 g/mol. The summed E-state index contributed by atoms with van der Waals surface area (Å²) in [6.45, 7) is 0.788. The second kappa shape index (κ2) is 12.3. The van der Waals surface area contributed by atoms with E-state index in [2.05, 4.69) is 19.6 Å². The number of rotatable bonds is 10. The minimum absolute atomic E-state index is 0.106. The van der Waals surface area contributed by atoms with Crippen LogP contribution in [0.15, 0.2) is 109 Å². The summed E-state index contributed by atoms with van der Waals surface area (Å²) in [5.74, 6) is 1.11. The van der Waals surface area contributed by atoms with Crippen molar-refractivity contribution >= 4 is 38.6 Å². The molecule has 1 unspecified atom stereocenters. The van der Waals surface area contributed by atoms with E-state index < -0.39 is 22.4 Å². The summed E-state index contributed by atoms with van der Waals surface area (Å²) in [6, 6.07) is 25.5. The van der Waals surface area contributed by atoms with Crippen LogP contribution in [0.1, 0.15) is 16.7 Å². The Bertz CT molecular complexity index is 1790. The number of benzene rings is 3. The molecule has 0 spiro atoms. The largest absolute Gasteiger partial charge is 0.455 e. The molecule has 43 heavy (non-hydrogen) atoms. The van der Waals surface area contributed by atoms with Crippen LogP contribution in [0.2, 0.25) is 0 Å². The Morgan fingerprint density at radius 1 is 0.907 bits per heavy atom. The first kappa shape index (κ1) is 28.5. The number of hydrogen-bond donors (Lipinski definition) is 2. The molecule has 0 amide bonds. The Kier molecular flexibility index (Phi) is 8.17. The number of aliphatic hydroxyl groups excluding tert-OH is 1. The van der Waals surface area contributed by atoms with Gasteiger partial charge in [0.25, 0.3) is 0 Å². The van der Waals surface area contributed by atoms with Gasteiger partial charge in [-0.25, -0.2) is 9.97 Å². The van der Waals surface area contributed by atoms with Gasteiger partial charge in [-0.1, -0.05) is 71.3 Å². The first-order valence-corrected chi connectivity index (χ1v) is 15.0. The third kappa shape index (κ3) is 6.58. The molecule has 11 heteroatoms. The molecule has 0 bridgehead atoms. The minimum atomic E-state index is -4.67. The smallest absolute Gasteiger partial charge is 0.420 e. The van der Waals surface area contributed by atoms with Crippen LogP contribution in [0.25, 0.3) is 11.0 Å². The molecule has 1 aliphatic rings. The second-order valence-electron chi connectivity index (χ2n) is 9.87. The lowest BCUT2D eigenvalue weighted by Gasteiger charge is -2.21. The highest BCUT2D eigenvalue weighted by Crippen LogP contribution is 2.41. The summed E-state index contributed by atoms with van der Waals surface area (Å²) < 4.78 is 52.8. The van der Waals surface area contributed by atoms with Gasteiger partial charge in [-0.05, 0) is 35.4 Å². The summed E-state index contributed by atoms with van der Waals surface area (Å²) in [7, 11) is -0.430. The van der Waals surface area contributed by atoms with E-state index in [1.807, 2.05) is 66.0 Å². The van der Waals surface area contributed by atoms with Crippen molar-refractivity contribution in [2.45, 2.75) is 25.0 Å². The molecule has 2 aromatic heterocycles. The molecule has 7 nitrogen and oxygen atoms in total. The van der Waals surface area contributed by atoms with Crippen molar-refractivity contribution in [2.24, 2.45) is 0 Å². The topological polar surface area (TPSA) is 75.4 Å². The number of nitrogens with zero attached hydrogens (tertiary/aromatic N) is 4. The fraction of sp³-hybridized carbons (Fsp3) is 0.156. The molecule has 0 radical (unpaired) electrons. The maximum Gasteiger partial charge on any atom is 0.420 e. The Morgan fingerprint density at radius 3 is 2.37 bits per heavy atom. The van der Waals surface area contributed by atoms with Crippen molar-refractivity contribution in [2.75, 3.05) is 11.9 Å². The van der Waals surface area contributed by atoms with E-state index in [-0.39, 0.29) is 18.0 Å². The molecule has 0 saturated heterocycles. The Hall–Kier alpha value is -4.61. The fourth-order valence-corrected chi connectivity index (χ4v) is 6.70. The molecule has 1 atom stereocenters. The van der Waals surface area contributed by atoms with Crippen LogP contribution in [0.3, 0.4) is 0 Å². The van der Waals surface area contributed by atoms with E-state index in [1.54, 1.807) is 23.0 Å². The van der Waals surface area contributed by atoms with E-state index in [0.29, 0.717) is 41.5 Å². The van der Waals surface area contributed by atoms with Gasteiger partial charge in [0, 0.05) is 29.5 Å². The number of ether oxygens (including phenoxy) is 1. The van der Waals surface area contributed by atoms with Crippen LogP contribution >= 0.6 is 10.7 Å². The molecule has 3 heterocycles. The van der Waals surface area contributed by atoms with Gasteiger partial charge < -0.3 is 24.0 Å². The molecule has 5 aromatic rings. The Morgan fingerprint density at radius 2 is 1.65 bits per heavy atom. The summed E-state index contributed by atoms with van der Waals surface area (Å²) in [6.07, 6.45) is 0.210. The number of fused-ring (bicyclic) bond motifs is 1. The molecule has 6 rings (SSSR count). The lowest BCUT2D eigenvalue weighted by molar-refractivity contribution is -0.138. The summed E-state index contributed by atoms with van der Waals surface area (Å²) in [5, 5.41) is 14.3. The summed E-state index contributed by atoms with van der Waals surface area (Å²) in [4.78, 5) is 8.46. The quantitative estimate of drug-likeness (QED) is 0.166. The fourth-order valence-electron chi connectivity index (χ4n) is 4.85. The molecule has 2 N–H and O–H groups in total. The van der Waals surface area contributed by atoms with E-state index in [4.69, 9.17) is 4.74 Å². The van der Waals surface area contributed by atoms with Gasteiger partial charge in [-0.15, -0.1) is 0 Å². The van der Waals surface area contributed by atoms with Gasteiger partial charge >= 0.3 is 6.18 Å². The average molecular weight is 604 g/mol. The van der Waals surface area contributed by atoms with Crippen LogP contribution < -0.4 is 10.1 Å². The summed E-state index contributed by atoms with van der Waals surface area (Å²) in [5.41, 5.74) is 2.69. The first-order chi connectivity index (χ1) is 20.9. The first-order valence-electron chi connectivity index (χ1n) is 13.6. The highest BCUT2D eigenvalue weighted by molar-refractivity contribution is 8.12. The van der Waals surface area contributed by atoms with Crippen LogP contribution in [0, 0.1) is 0 Å². The van der Waals surface area contributed by atoms with Crippen molar-refractivity contribution in [3.05, 3.63) is 126 Å². The van der Waals surface area contributed by atoms with Gasteiger partial charge in [0.15, 0.2) is 11.6 Å². The Balaban J connectivity index is 1.29. The molecule has 0 fully saturated rings. The molecule has 1 aliphatic heterocycles. The van der Waals surface area contributed by atoms with Crippen molar-refractivity contribution < 1.29 is 23.0 Å². The van der Waals surface area contributed by atoms with Gasteiger partial charge in [-0.3, -0.25) is 0 Å². The molecule has 220 valence electrons. The van der Waals surface area contributed by atoms with E-state index in [0.717, 1.165) is 17.2 Å². The average Bonchev–Trinajstić information content (AvgIpc) is 3.58. The highest BCUT2D eigenvalue weighted by Gasteiger charge is 2.35. The van der Waals surface area contributed by atoms with Gasteiger partial charge in [0.05, 0.1) is 24.9 Å². The molecule has 0 aliphatic carbocycles. The number of anilines is 2. The number of hydrogen-bond acceptors (Lipinski definition) is 6. The number of allylic oxidation sites excluding steroid dienone is 1. The highest BCUT2D eigenvalue weighted by atomic mass is 32.2. The van der Waals surface area contributed by atoms with E-state index >= 15 is 0 Å². The van der Waals surface area contributed by atoms with Crippen LogP contribution in [0.5, 0.6) is 5.75 Å². The molecular formula is C32H28F3N5O2S. The number of alkyl halides is 3. The normalized spacial score (nSPS) is 14.9. The number of nitrogens with one attached hydrogen (secondary N) is 1. The van der Waals surface area contributed by atoms with Crippen LogP contribution in [-0.4, -0.2) is 35.9 Å². The van der Waals surface area contributed by atoms with Crippen molar-refractivity contribution in [3.63, 3.8) is 0 Å². The lowest BCUT2D eigenvalue weighted by Crippen LogP contribution is -2.10. The molecule has 0 saturated carbocycles. The lowest BCUT2D eigenvalue weighted by atomic mass is 10.1.